The number of carbonyl (C=O) groups excluding carboxylic acids is 1. The van der Waals surface area contributed by atoms with Gasteiger partial charge < -0.3 is 15.4 Å². The van der Waals surface area contributed by atoms with Crippen LogP contribution in [-0.2, 0) is 10.2 Å². The third-order valence-electron chi connectivity index (χ3n) is 7.61. The van der Waals surface area contributed by atoms with E-state index in [2.05, 4.69) is 6.07 Å². The van der Waals surface area contributed by atoms with E-state index in [0.29, 0.717) is 49.1 Å². The Hall–Kier alpha value is -2.42. The summed E-state index contributed by atoms with van der Waals surface area (Å²) in [5.41, 5.74) is 9.26. The number of hydrogen-bond acceptors (Lipinski definition) is 5. The van der Waals surface area contributed by atoms with E-state index in [1.165, 1.54) is 0 Å². The molecule has 5 rings (SSSR count). The van der Waals surface area contributed by atoms with Crippen molar-refractivity contribution in [3.05, 3.63) is 87.2 Å². The van der Waals surface area contributed by atoms with Gasteiger partial charge in [0.2, 0.25) is 0 Å². The van der Waals surface area contributed by atoms with E-state index in [1.807, 2.05) is 47.4 Å². The van der Waals surface area contributed by atoms with Gasteiger partial charge in [-0.2, -0.15) is 5.10 Å². The zero-order valence-electron chi connectivity index (χ0n) is 21.1. The van der Waals surface area contributed by atoms with Gasteiger partial charge in [0.25, 0.3) is 11.5 Å². The molecule has 2 aliphatic rings. The van der Waals surface area contributed by atoms with Crippen LogP contribution in [0.4, 0.5) is 0 Å². The van der Waals surface area contributed by atoms with Gasteiger partial charge in [-0.3, -0.25) is 9.59 Å². The van der Waals surface area contributed by atoms with Crippen molar-refractivity contribution in [2.24, 2.45) is 5.73 Å². The maximum atomic E-state index is 13.0. The van der Waals surface area contributed by atoms with E-state index in [9.17, 15) is 9.59 Å². The van der Waals surface area contributed by atoms with Crippen molar-refractivity contribution in [2.45, 2.75) is 37.1 Å². The van der Waals surface area contributed by atoms with E-state index in [-0.39, 0.29) is 47.7 Å². The molecule has 1 saturated carbocycles. The summed E-state index contributed by atoms with van der Waals surface area (Å²) in [6.45, 7) is 2.83. The van der Waals surface area contributed by atoms with Gasteiger partial charge in [0.05, 0.1) is 24.9 Å². The molecule has 0 spiro atoms. The average molecular weight is 580 g/mol. The fourth-order valence-electron chi connectivity index (χ4n) is 5.43. The van der Waals surface area contributed by atoms with Crippen molar-refractivity contribution >= 4 is 42.3 Å². The van der Waals surface area contributed by atoms with Gasteiger partial charge in [0.1, 0.15) is 0 Å². The van der Waals surface area contributed by atoms with Crippen LogP contribution in [0.2, 0.25) is 5.02 Å². The van der Waals surface area contributed by atoms with Gasteiger partial charge in [-0.05, 0) is 61.6 Å². The molecule has 2 heterocycles. The van der Waals surface area contributed by atoms with Crippen LogP contribution in [0.5, 0.6) is 0 Å². The third kappa shape index (κ3) is 6.24. The van der Waals surface area contributed by atoms with Crippen LogP contribution in [0.15, 0.2) is 65.5 Å². The molecule has 0 atom stereocenters. The zero-order chi connectivity index (χ0) is 25.1. The first kappa shape index (κ1) is 30.1. The second kappa shape index (κ2) is 13.1. The van der Waals surface area contributed by atoms with Crippen molar-refractivity contribution in [3.8, 4) is 11.3 Å². The molecule has 1 aliphatic heterocycles. The van der Waals surface area contributed by atoms with E-state index in [0.717, 1.165) is 36.8 Å². The largest absolute Gasteiger partial charge is 0.378 e. The van der Waals surface area contributed by atoms with Crippen molar-refractivity contribution in [1.82, 2.24) is 14.7 Å². The fourth-order valence-corrected chi connectivity index (χ4v) is 5.62. The number of hydrogen-bond donors (Lipinski definition) is 1. The molecule has 1 aromatic heterocycles. The Balaban J connectivity index is 0.00000200. The van der Waals surface area contributed by atoms with Crippen molar-refractivity contribution in [1.29, 1.82) is 0 Å². The predicted molar refractivity (Wildman–Crippen MR) is 155 cm³/mol. The number of benzene rings is 2. The SMILES string of the molecule is Cl.Cl.NC[C@]1(c2cccc(Cl)c2)CC[C@@H](n2nc(-c3cccc(C(=O)N4CCOCC4)c3)ccc2=O)CC1. The van der Waals surface area contributed by atoms with Gasteiger partial charge in [-0.1, -0.05) is 35.9 Å². The molecule has 0 bridgehead atoms. The van der Waals surface area contributed by atoms with Crippen LogP contribution < -0.4 is 11.3 Å². The molecule has 0 radical (unpaired) electrons. The summed E-state index contributed by atoms with van der Waals surface area (Å²) < 4.78 is 6.98. The van der Waals surface area contributed by atoms with Crippen molar-refractivity contribution in [2.75, 3.05) is 32.8 Å². The first-order valence-electron chi connectivity index (χ1n) is 12.5. The molecule has 3 aromatic rings. The highest BCUT2D eigenvalue weighted by Crippen LogP contribution is 2.42. The maximum absolute atomic E-state index is 13.0. The van der Waals surface area contributed by atoms with E-state index in [1.54, 1.807) is 16.8 Å². The van der Waals surface area contributed by atoms with Crippen LogP contribution in [-0.4, -0.2) is 53.4 Å². The smallest absolute Gasteiger partial charge is 0.267 e. The first-order chi connectivity index (χ1) is 17.5. The van der Waals surface area contributed by atoms with Crippen LogP contribution in [0.3, 0.4) is 0 Å². The monoisotopic (exact) mass is 578 g/mol. The molecule has 38 heavy (non-hydrogen) atoms. The quantitative estimate of drug-likeness (QED) is 0.465. The summed E-state index contributed by atoms with van der Waals surface area (Å²) in [6.07, 6.45) is 3.32. The Morgan fingerprint density at radius 2 is 1.74 bits per heavy atom. The zero-order valence-corrected chi connectivity index (χ0v) is 23.4. The number of nitrogens with two attached hydrogens (primary N) is 1. The minimum atomic E-state index is -0.142. The molecule has 0 unspecified atom stereocenters. The second-order valence-electron chi connectivity index (χ2n) is 9.71. The summed E-state index contributed by atoms with van der Waals surface area (Å²) in [7, 11) is 0. The summed E-state index contributed by atoms with van der Waals surface area (Å²) in [5.74, 6) is -0.0140. The number of carbonyl (C=O) groups is 1. The molecule has 1 amide bonds. The average Bonchev–Trinajstić information content (AvgIpc) is 2.93. The lowest BCUT2D eigenvalue weighted by atomic mass is 9.68. The molecular weight excluding hydrogens is 547 g/mol. The molecule has 1 aliphatic carbocycles. The van der Waals surface area contributed by atoms with Crippen LogP contribution in [0.25, 0.3) is 11.3 Å². The molecule has 1 saturated heterocycles. The number of halogens is 3. The van der Waals surface area contributed by atoms with Gasteiger partial charge in [-0.15, -0.1) is 24.8 Å². The summed E-state index contributed by atoms with van der Waals surface area (Å²) in [6, 6.07) is 18.7. The maximum Gasteiger partial charge on any atom is 0.267 e. The second-order valence-corrected chi connectivity index (χ2v) is 10.1. The molecular formula is C28H33Cl3N4O3. The van der Waals surface area contributed by atoms with Gasteiger partial charge in [0, 0.05) is 47.3 Å². The van der Waals surface area contributed by atoms with Crippen molar-refractivity contribution < 1.29 is 9.53 Å². The molecule has 2 fully saturated rings. The Labute approximate surface area is 240 Å². The Bertz CT molecular complexity index is 1300. The Morgan fingerprint density at radius 1 is 1.03 bits per heavy atom. The van der Waals surface area contributed by atoms with Crippen molar-refractivity contribution in [3.63, 3.8) is 0 Å². The number of rotatable bonds is 5. The lowest BCUT2D eigenvalue weighted by molar-refractivity contribution is 0.0303. The number of nitrogens with zero attached hydrogens (tertiary/aromatic N) is 3. The Morgan fingerprint density at radius 3 is 2.42 bits per heavy atom. The standard InChI is InChI=1S/C28H31ClN4O3.2ClH/c29-23-6-2-5-22(18-23)28(19-30)11-9-24(10-12-28)33-26(34)8-7-25(31-33)20-3-1-4-21(17-20)27(35)32-13-15-36-16-14-32;;/h1-8,17-18,24H,9-16,19,30H2;2*1H/t24-,28+;;. The number of morpholine rings is 1. The predicted octanol–water partition coefficient (Wildman–Crippen LogP) is 4.89. The first-order valence-corrected chi connectivity index (χ1v) is 12.9. The molecule has 7 nitrogen and oxygen atoms in total. The lowest BCUT2D eigenvalue weighted by Crippen LogP contribution is -2.41. The minimum absolute atomic E-state index is 0. The summed E-state index contributed by atoms with van der Waals surface area (Å²) in [5, 5.41) is 5.46. The highest BCUT2D eigenvalue weighted by Gasteiger charge is 2.37. The van der Waals surface area contributed by atoms with E-state index in [4.69, 9.17) is 27.2 Å². The minimum Gasteiger partial charge on any atom is -0.378 e. The molecule has 2 N–H and O–H groups in total. The van der Waals surface area contributed by atoms with Gasteiger partial charge >= 0.3 is 0 Å². The summed E-state index contributed by atoms with van der Waals surface area (Å²) in [4.78, 5) is 27.6. The summed E-state index contributed by atoms with van der Waals surface area (Å²) >= 11 is 6.25. The van der Waals surface area contributed by atoms with Gasteiger partial charge in [0.15, 0.2) is 0 Å². The van der Waals surface area contributed by atoms with Crippen LogP contribution >= 0.6 is 36.4 Å². The van der Waals surface area contributed by atoms with Crippen LogP contribution in [0.1, 0.15) is 47.6 Å². The molecule has 2 aromatic carbocycles. The number of aromatic nitrogens is 2. The van der Waals surface area contributed by atoms with E-state index >= 15 is 0 Å². The lowest BCUT2D eigenvalue weighted by Gasteiger charge is -2.40. The molecule has 204 valence electrons. The Kier molecular flexibility index (Phi) is 10.4. The van der Waals surface area contributed by atoms with Gasteiger partial charge in [-0.25, -0.2) is 4.68 Å². The number of ether oxygens (including phenoxy) is 1. The van der Waals surface area contributed by atoms with Crippen LogP contribution in [0, 0.1) is 0 Å². The third-order valence-corrected chi connectivity index (χ3v) is 7.85. The highest BCUT2D eigenvalue weighted by atomic mass is 35.5. The molecule has 10 heteroatoms. The fraction of sp³-hybridized carbons (Fsp3) is 0.393. The highest BCUT2D eigenvalue weighted by molar-refractivity contribution is 6.30. The van der Waals surface area contributed by atoms with E-state index < -0.39 is 0 Å². The topological polar surface area (TPSA) is 90.5 Å². The normalized spacial score (nSPS) is 21.2. The number of amides is 1.